The summed E-state index contributed by atoms with van der Waals surface area (Å²) in [5, 5.41) is 4.37. The van der Waals surface area contributed by atoms with Gasteiger partial charge in [0.05, 0.1) is 5.71 Å². The maximum absolute atomic E-state index is 5.85. The van der Waals surface area contributed by atoms with E-state index in [1.807, 2.05) is 0 Å². The Morgan fingerprint density at radius 2 is 1.75 bits per heavy atom. The van der Waals surface area contributed by atoms with Gasteiger partial charge in [0.25, 0.3) is 0 Å². The van der Waals surface area contributed by atoms with Crippen LogP contribution in [0.4, 0.5) is 0 Å². The standard InChI is InChI=1S/C14H25NO/c1-10-6-11(2)8-14(7-10)9-12(15-16-14)13(3,4)5/h10-11H,6-9H2,1-5H3. The van der Waals surface area contributed by atoms with Crippen molar-refractivity contribution < 1.29 is 4.84 Å². The Morgan fingerprint density at radius 1 is 1.19 bits per heavy atom. The van der Waals surface area contributed by atoms with Crippen molar-refractivity contribution in [2.45, 2.75) is 65.9 Å². The highest BCUT2D eigenvalue weighted by atomic mass is 16.7. The molecule has 2 unspecified atom stereocenters. The second kappa shape index (κ2) is 3.75. The number of hydrogen-bond acceptors (Lipinski definition) is 2. The zero-order valence-corrected chi connectivity index (χ0v) is 11.3. The molecule has 2 rings (SSSR count). The van der Waals surface area contributed by atoms with E-state index in [2.05, 4.69) is 39.8 Å². The molecule has 0 bridgehead atoms. The lowest BCUT2D eigenvalue weighted by atomic mass is 9.70. The third kappa shape index (κ3) is 2.26. The van der Waals surface area contributed by atoms with E-state index in [0.29, 0.717) is 0 Å². The van der Waals surface area contributed by atoms with Crippen LogP contribution in [0, 0.1) is 17.3 Å². The lowest BCUT2D eigenvalue weighted by Crippen LogP contribution is -2.39. The van der Waals surface area contributed by atoms with Crippen LogP contribution in [0.15, 0.2) is 5.16 Å². The predicted molar refractivity (Wildman–Crippen MR) is 67.5 cm³/mol. The molecule has 92 valence electrons. The van der Waals surface area contributed by atoms with Gasteiger partial charge in [-0.05, 0) is 31.1 Å². The van der Waals surface area contributed by atoms with Crippen LogP contribution in [0.5, 0.6) is 0 Å². The monoisotopic (exact) mass is 223 g/mol. The maximum atomic E-state index is 5.85. The second-order valence-electron chi connectivity index (χ2n) is 7.09. The molecule has 1 aliphatic heterocycles. The average Bonchev–Trinajstić information content (AvgIpc) is 2.45. The lowest BCUT2D eigenvalue weighted by molar-refractivity contribution is -0.0707. The molecule has 0 amide bonds. The average molecular weight is 223 g/mol. The number of rotatable bonds is 0. The van der Waals surface area contributed by atoms with Gasteiger partial charge < -0.3 is 4.84 Å². The molecule has 16 heavy (non-hydrogen) atoms. The molecule has 1 fully saturated rings. The fraction of sp³-hybridized carbons (Fsp3) is 0.929. The molecule has 1 aliphatic carbocycles. The first-order chi connectivity index (χ1) is 7.31. The smallest absolute Gasteiger partial charge is 0.143 e. The molecule has 2 atom stereocenters. The molecule has 0 aromatic carbocycles. The van der Waals surface area contributed by atoms with Gasteiger partial charge in [0.15, 0.2) is 0 Å². The summed E-state index contributed by atoms with van der Waals surface area (Å²) in [4.78, 5) is 5.85. The van der Waals surface area contributed by atoms with Gasteiger partial charge in [-0.2, -0.15) is 0 Å². The van der Waals surface area contributed by atoms with E-state index >= 15 is 0 Å². The van der Waals surface area contributed by atoms with Gasteiger partial charge in [0.2, 0.25) is 0 Å². The molecular formula is C14H25NO. The van der Waals surface area contributed by atoms with Gasteiger partial charge >= 0.3 is 0 Å². The topological polar surface area (TPSA) is 21.6 Å². The van der Waals surface area contributed by atoms with Crippen molar-refractivity contribution in [3.8, 4) is 0 Å². The van der Waals surface area contributed by atoms with Crippen molar-refractivity contribution in [1.29, 1.82) is 0 Å². The quantitative estimate of drug-likeness (QED) is 0.608. The summed E-state index contributed by atoms with van der Waals surface area (Å²) in [6.07, 6.45) is 4.75. The zero-order chi connectivity index (χ0) is 12.0. The predicted octanol–water partition coefficient (Wildman–Crippen LogP) is 4.00. The van der Waals surface area contributed by atoms with Crippen molar-refractivity contribution in [3.63, 3.8) is 0 Å². The summed E-state index contributed by atoms with van der Waals surface area (Å²) in [5.41, 5.74) is 1.45. The van der Waals surface area contributed by atoms with Crippen LogP contribution in [0.25, 0.3) is 0 Å². The Morgan fingerprint density at radius 3 is 2.19 bits per heavy atom. The van der Waals surface area contributed by atoms with Crippen molar-refractivity contribution in [3.05, 3.63) is 0 Å². The van der Waals surface area contributed by atoms with Crippen LogP contribution in [-0.4, -0.2) is 11.3 Å². The molecule has 2 heteroatoms. The first-order valence-electron chi connectivity index (χ1n) is 6.56. The molecule has 0 radical (unpaired) electrons. The van der Waals surface area contributed by atoms with Gasteiger partial charge in [-0.25, -0.2) is 0 Å². The molecule has 0 saturated heterocycles. The fourth-order valence-corrected chi connectivity index (χ4v) is 3.35. The minimum Gasteiger partial charge on any atom is -0.389 e. The summed E-state index contributed by atoms with van der Waals surface area (Å²) in [6.45, 7) is 11.4. The molecule has 2 aliphatic rings. The largest absolute Gasteiger partial charge is 0.389 e. The highest BCUT2D eigenvalue weighted by molar-refractivity contribution is 5.90. The minimum absolute atomic E-state index is 0.0414. The van der Waals surface area contributed by atoms with Crippen LogP contribution in [0.2, 0.25) is 0 Å². The van der Waals surface area contributed by atoms with Crippen LogP contribution in [0.1, 0.15) is 60.3 Å². The molecule has 1 spiro atoms. The van der Waals surface area contributed by atoms with E-state index < -0.39 is 0 Å². The van der Waals surface area contributed by atoms with Gasteiger partial charge in [-0.1, -0.05) is 39.8 Å². The summed E-state index contributed by atoms with van der Waals surface area (Å²) in [7, 11) is 0. The number of nitrogens with zero attached hydrogens (tertiary/aromatic N) is 1. The summed E-state index contributed by atoms with van der Waals surface area (Å²) in [6, 6.07) is 0. The van der Waals surface area contributed by atoms with Crippen molar-refractivity contribution in [1.82, 2.24) is 0 Å². The molecule has 0 aromatic heterocycles. The third-order valence-corrected chi connectivity index (χ3v) is 3.95. The second-order valence-corrected chi connectivity index (χ2v) is 7.09. The van der Waals surface area contributed by atoms with Crippen molar-refractivity contribution in [2.24, 2.45) is 22.4 Å². The Kier molecular flexibility index (Phi) is 2.80. The molecule has 0 aromatic rings. The van der Waals surface area contributed by atoms with E-state index in [9.17, 15) is 0 Å². The molecule has 0 N–H and O–H groups in total. The normalized spacial score (nSPS) is 39.7. The molecule has 1 heterocycles. The molecular weight excluding hydrogens is 198 g/mol. The van der Waals surface area contributed by atoms with Crippen molar-refractivity contribution >= 4 is 5.71 Å². The summed E-state index contributed by atoms with van der Waals surface area (Å²) < 4.78 is 0. The van der Waals surface area contributed by atoms with Gasteiger partial charge in [-0.3, -0.25) is 0 Å². The Hall–Kier alpha value is -0.530. The highest BCUT2D eigenvalue weighted by Crippen LogP contribution is 2.45. The SMILES string of the molecule is CC1CC(C)CC2(CC(C(C)(C)C)=NO2)C1. The van der Waals surface area contributed by atoms with E-state index in [1.54, 1.807) is 0 Å². The highest BCUT2D eigenvalue weighted by Gasteiger charge is 2.46. The van der Waals surface area contributed by atoms with E-state index in [0.717, 1.165) is 18.3 Å². The number of hydrogen-bond donors (Lipinski definition) is 0. The van der Waals surface area contributed by atoms with Crippen LogP contribution in [-0.2, 0) is 4.84 Å². The minimum atomic E-state index is 0.0414. The lowest BCUT2D eigenvalue weighted by Gasteiger charge is -2.38. The summed E-state index contributed by atoms with van der Waals surface area (Å²) >= 11 is 0. The Labute approximate surface area is 99.4 Å². The Bertz CT molecular complexity index is 290. The van der Waals surface area contributed by atoms with E-state index in [4.69, 9.17) is 4.84 Å². The van der Waals surface area contributed by atoms with Gasteiger partial charge in [0, 0.05) is 11.8 Å². The molecule has 2 nitrogen and oxygen atoms in total. The van der Waals surface area contributed by atoms with Crippen LogP contribution < -0.4 is 0 Å². The van der Waals surface area contributed by atoms with Gasteiger partial charge in [0.1, 0.15) is 5.60 Å². The zero-order valence-electron chi connectivity index (χ0n) is 11.3. The van der Waals surface area contributed by atoms with E-state index in [1.165, 1.54) is 25.0 Å². The van der Waals surface area contributed by atoms with Crippen LogP contribution in [0.3, 0.4) is 0 Å². The van der Waals surface area contributed by atoms with Crippen LogP contribution >= 0.6 is 0 Å². The van der Waals surface area contributed by atoms with E-state index in [-0.39, 0.29) is 11.0 Å². The molecule has 1 saturated carbocycles. The third-order valence-electron chi connectivity index (χ3n) is 3.95. The van der Waals surface area contributed by atoms with Gasteiger partial charge in [-0.15, -0.1) is 0 Å². The summed E-state index contributed by atoms with van der Waals surface area (Å²) in [5.74, 6) is 1.55. The maximum Gasteiger partial charge on any atom is 0.143 e. The fourth-order valence-electron chi connectivity index (χ4n) is 3.35. The van der Waals surface area contributed by atoms with Crippen molar-refractivity contribution in [2.75, 3.05) is 0 Å². The first-order valence-corrected chi connectivity index (χ1v) is 6.56. The Balaban J connectivity index is 2.08. The number of oxime groups is 1. The first kappa shape index (κ1) is 11.9.